The average molecular weight is 300 g/mol. The van der Waals surface area contributed by atoms with E-state index in [1.165, 1.54) is 6.92 Å². The maximum absolute atomic E-state index is 12.0. The zero-order valence-corrected chi connectivity index (χ0v) is 12.6. The predicted octanol–water partition coefficient (Wildman–Crippen LogP) is 1.41. The molecule has 0 heterocycles. The van der Waals surface area contributed by atoms with Crippen LogP contribution in [0.1, 0.15) is 52.4 Å². The highest BCUT2D eigenvalue weighted by Crippen LogP contribution is 2.31. The van der Waals surface area contributed by atoms with E-state index >= 15 is 0 Å². The molecule has 0 aromatic heterocycles. The fourth-order valence-electron chi connectivity index (χ4n) is 2.66. The Kier molecular flexibility index (Phi) is 6.45. The molecule has 0 aromatic rings. The molecule has 1 atom stereocenters. The fraction of sp³-hybridized carbons (Fsp3) is 0.786. The number of carbonyl (C=O) groups is 3. The maximum atomic E-state index is 12.0. The lowest BCUT2D eigenvalue weighted by atomic mass is 9.79. The lowest BCUT2D eigenvalue weighted by molar-refractivity contribution is -0.145. The normalized spacial score (nSPS) is 18.4. The van der Waals surface area contributed by atoms with Crippen LogP contribution >= 0.6 is 0 Å². The Morgan fingerprint density at radius 2 is 1.86 bits per heavy atom. The SMILES string of the molecule is CCOC(=O)C(C)NC(=O)NC1(CC(=O)O)CCCCC1. The summed E-state index contributed by atoms with van der Waals surface area (Å²) in [7, 11) is 0. The van der Waals surface area contributed by atoms with Crippen molar-refractivity contribution in [2.24, 2.45) is 0 Å². The van der Waals surface area contributed by atoms with Crippen LogP contribution in [0.25, 0.3) is 0 Å². The third-order valence-electron chi connectivity index (χ3n) is 3.67. The van der Waals surface area contributed by atoms with Gasteiger partial charge in [0.05, 0.1) is 18.6 Å². The maximum Gasteiger partial charge on any atom is 0.328 e. The second kappa shape index (κ2) is 7.85. The molecule has 0 aromatic carbocycles. The summed E-state index contributed by atoms with van der Waals surface area (Å²) in [5, 5.41) is 14.3. The van der Waals surface area contributed by atoms with E-state index in [0.717, 1.165) is 19.3 Å². The van der Waals surface area contributed by atoms with Gasteiger partial charge in [0.25, 0.3) is 0 Å². The minimum Gasteiger partial charge on any atom is -0.481 e. The summed E-state index contributed by atoms with van der Waals surface area (Å²) in [6, 6.07) is -1.30. The van der Waals surface area contributed by atoms with E-state index in [4.69, 9.17) is 9.84 Å². The molecule has 1 fully saturated rings. The minimum absolute atomic E-state index is 0.103. The van der Waals surface area contributed by atoms with Crippen LogP contribution in [0, 0.1) is 0 Å². The smallest absolute Gasteiger partial charge is 0.328 e. The quantitative estimate of drug-likeness (QED) is 0.643. The van der Waals surface area contributed by atoms with Gasteiger partial charge < -0.3 is 20.5 Å². The van der Waals surface area contributed by atoms with E-state index in [-0.39, 0.29) is 13.0 Å². The molecule has 1 aliphatic carbocycles. The summed E-state index contributed by atoms with van der Waals surface area (Å²) in [6.07, 6.45) is 4.00. The number of ether oxygens (including phenoxy) is 1. The van der Waals surface area contributed by atoms with E-state index in [9.17, 15) is 14.4 Å². The van der Waals surface area contributed by atoms with Crippen molar-refractivity contribution in [2.75, 3.05) is 6.61 Å². The molecule has 0 aliphatic heterocycles. The van der Waals surface area contributed by atoms with E-state index < -0.39 is 29.6 Å². The van der Waals surface area contributed by atoms with E-state index in [1.54, 1.807) is 6.92 Å². The van der Waals surface area contributed by atoms with E-state index in [2.05, 4.69) is 10.6 Å². The van der Waals surface area contributed by atoms with Gasteiger partial charge in [0.15, 0.2) is 0 Å². The molecule has 7 nitrogen and oxygen atoms in total. The first kappa shape index (κ1) is 17.3. The van der Waals surface area contributed by atoms with Gasteiger partial charge in [0.2, 0.25) is 0 Å². The van der Waals surface area contributed by atoms with Crippen LogP contribution in [0.15, 0.2) is 0 Å². The van der Waals surface area contributed by atoms with Gasteiger partial charge in [0.1, 0.15) is 6.04 Å². The molecule has 3 N–H and O–H groups in total. The Hall–Kier alpha value is -1.79. The molecule has 7 heteroatoms. The van der Waals surface area contributed by atoms with Gasteiger partial charge in [-0.05, 0) is 26.7 Å². The van der Waals surface area contributed by atoms with Gasteiger partial charge in [-0.15, -0.1) is 0 Å². The van der Waals surface area contributed by atoms with Gasteiger partial charge in [-0.25, -0.2) is 9.59 Å². The minimum atomic E-state index is -0.935. The number of urea groups is 1. The molecular weight excluding hydrogens is 276 g/mol. The summed E-state index contributed by atoms with van der Waals surface area (Å²) < 4.78 is 4.81. The molecule has 120 valence electrons. The molecule has 0 spiro atoms. The number of esters is 1. The number of nitrogens with one attached hydrogen (secondary N) is 2. The first-order chi connectivity index (χ1) is 9.88. The summed E-state index contributed by atoms with van der Waals surface area (Å²) >= 11 is 0. The van der Waals surface area contributed by atoms with E-state index in [1.807, 2.05) is 0 Å². The number of carbonyl (C=O) groups excluding carboxylic acids is 2. The van der Waals surface area contributed by atoms with Gasteiger partial charge in [-0.2, -0.15) is 0 Å². The molecule has 21 heavy (non-hydrogen) atoms. The molecule has 0 radical (unpaired) electrons. The van der Waals surface area contributed by atoms with Gasteiger partial charge in [-0.1, -0.05) is 19.3 Å². The van der Waals surface area contributed by atoms with Crippen LogP contribution in [0.2, 0.25) is 0 Å². The standard InChI is InChI=1S/C14H24N2O5/c1-3-21-12(19)10(2)15-13(20)16-14(9-11(17)18)7-5-4-6-8-14/h10H,3-9H2,1-2H3,(H,17,18)(H2,15,16,20). The summed E-state index contributed by atoms with van der Waals surface area (Å²) in [4.78, 5) is 34.5. The zero-order valence-electron chi connectivity index (χ0n) is 12.6. The number of hydrogen-bond acceptors (Lipinski definition) is 4. The van der Waals surface area contributed by atoms with Crippen molar-refractivity contribution in [1.29, 1.82) is 0 Å². The topological polar surface area (TPSA) is 105 Å². The van der Waals surface area contributed by atoms with Crippen molar-refractivity contribution in [3.63, 3.8) is 0 Å². The Labute approximate surface area is 124 Å². The number of carboxylic acids is 1. The highest BCUT2D eigenvalue weighted by molar-refractivity contribution is 5.84. The van der Waals surface area contributed by atoms with Crippen molar-refractivity contribution in [2.45, 2.75) is 64.0 Å². The number of carboxylic acid groups (broad SMARTS) is 1. The Morgan fingerprint density at radius 3 is 2.38 bits per heavy atom. The second-order valence-electron chi connectivity index (χ2n) is 5.48. The molecule has 1 rings (SSSR count). The van der Waals surface area contributed by atoms with Crippen LogP contribution < -0.4 is 10.6 Å². The highest BCUT2D eigenvalue weighted by Gasteiger charge is 2.36. The van der Waals surface area contributed by atoms with Crippen LogP contribution in [-0.4, -0.2) is 41.3 Å². The molecule has 1 aliphatic rings. The number of amides is 2. The third-order valence-corrected chi connectivity index (χ3v) is 3.67. The average Bonchev–Trinajstić information content (AvgIpc) is 2.38. The molecule has 1 unspecified atom stereocenters. The zero-order chi connectivity index (χ0) is 15.9. The third kappa shape index (κ3) is 5.61. The molecule has 0 saturated heterocycles. The first-order valence-electron chi connectivity index (χ1n) is 7.35. The molecule has 0 bridgehead atoms. The number of aliphatic carboxylic acids is 1. The predicted molar refractivity (Wildman–Crippen MR) is 75.8 cm³/mol. The summed E-state index contributed by atoms with van der Waals surface area (Å²) in [5.74, 6) is -1.45. The fourth-order valence-corrected chi connectivity index (χ4v) is 2.66. The lowest BCUT2D eigenvalue weighted by Crippen LogP contribution is -2.56. The molecule has 2 amide bonds. The number of hydrogen-bond donors (Lipinski definition) is 3. The molecular formula is C14H24N2O5. The van der Waals surface area contributed by atoms with Crippen LogP contribution in [0.3, 0.4) is 0 Å². The van der Waals surface area contributed by atoms with E-state index in [0.29, 0.717) is 12.8 Å². The first-order valence-corrected chi connectivity index (χ1v) is 7.35. The monoisotopic (exact) mass is 300 g/mol. The van der Waals surface area contributed by atoms with Crippen LogP contribution in [-0.2, 0) is 14.3 Å². The van der Waals surface area contributed by atoms with Crippen LogP contribution in [0.5, 0.6) is 0 Å². The molecule has 1 saturated carbocycles. The lowest BCUT2D eigenvalue weighted by Gasteiger charge is -2.37. The van der Waals surface area contributed by atoms with Crippen molar-refractivity contribution >= 4 is 18.0 Å². The van der Waals surface area contributed by atoms with Gasteiger partial charge in [-0.3, -0.25) is 4.79 Å². The Morgan fingerprint density at radius 1 is 1.24 bits per heavy atom. The Bertz CT molecular complexity index is 391. The number of rotatable bonds is 6. The summed E-state index contributed by atoms with van der Waals surface area (Å²) in [6.45, 7) is 3.46. The van der Waals surface area contributed by atoms with Crippen molar-refractivity contribution in [1.82, 2.24) is 10.6 Å². The second-order valence-corrected chi connectivity index (χ2v) is 5.48. The van der Waals surface area contributed by atoms with Crippen LogP contribution in [0.4, 0.5) is 4.79 Å². The van der Waals surface area contributed by atoms with Crippen molar-refractivity contribution < 1.29 is 24.2 Å². The van der Waals surface area contributed by atoms with Crippen molar-refractivity contribution in [3.8, 4) is 0 Å². The Balaban J connectivity index is 2.59. The van der Waals surface area contributed by atoms with Gasteiger partial charge >= 0.3 is 18.0 Å². The summed E-state index contributed by atoms with van der Waals surface area (Å²) in [5.41, 5.74) is -0.720. The van der Waals surface area contributed by atoms with Gasteiger partial charge in [0, 0.05) is 0 Å². The highest BCUT2D eigenvalue weighted by atomic mass is 16.5. The van der Waals surface area contributed by atoms with Crippen molar-refractivity contribution in [3.05, 3.63) is 0 Å². The largest absolute Gasteiger partial charge is 0.481 e.